The number of carboxylic acid groups (broad SMARTS) is 1. The van der Waals surface area contributed by atoms with Crippen molar-refractivity contribution in [3.63, 3.8) is 0 Å². The van der Waals surface area contributed by atoms with E-state index in [1.165, 1.54) is 18.9 Å². The van der Waals surface area contributed by atoms with Crippen LogP contribution in [-0.2, 0) is 0 Å². The summed E-state index contributed by atoms with van der Waals surface area (Å²) in [5.41, 5.74) is 0.945. The van der Waals surface area contributed by atoms with Gasteiger partial charge in [0, 0.05) is 6.04 Å². The fraction of sp³-hybridized carbons (Fsp3) is 0.500. The number of rotatable bonds is 6. The number of aromatic nitrogens is 1. The number of anilines is 1. The normalized spacial score (nSPS) is 12.1. The van der Waals surface area contributed by atoms with Gasteiger partial charge in [0.25, 0.3) is 0 Å². The lowest BCUT2D eigenvalue weighted by Gasteiger charge is -2.14. The fourth-order valence-electron chi connectivity index (χ4n) is 1.47. The van der Waals surface area contributed by atoms with Crippen LogP contribution in [0.4, 0.5) is 5.69 Å². The first kappa shape index (κ1) is 12.5. The molecule has 2 N–H and O–H groups in total. The molecule has 1 aromatic rings. The number of aromatic carboxylic acids is 1. The highest BCUT2D eigenvalue weighted by Gasteiger charge is 2.05. The second-order valence-electron chi connectivity index (χ2n) is 3.92. The second-order valence-corrected chi connectivity index (χ2v) is 3.92. The Bertz CT molecular complexity index is 335. The summed E-state index contributed by atoms with van der Waals surface area (Å²) in [6.07, 6.45) is 5.04. The van der Waals surface area contributed by atoms with Crippen molar-refractivity contribution in [2.45, 2.75) is 39.2 Å². The maximum Gasteiger partial charge on any atom is 0.354 e. The van der Waals surface area contributed by atoms with Crippen molar-refractivity contribution in [3.8, 4) is 0 Å². The van der Waals surface area contributed by atoms with Crippen molar-refractivity contribution < 1.29 is 9.90 Å². The van der Waals surface area contributed by atoms with Crippen LogP contribution in [0.2, 0.25) is 0 Å². The predicted molar refractivity (Wildman–Crippen MR) is 63.8 cm³/mol. The Balaban J connectivity index is 2.51. The van der Waals surface area contributed by atoms with Crippen molar-refractivity contribution >= 4 is 11.7 Å². The van der Waals surface area contributed by atoms with E-state index in [4.69, 9.17) is 5.11 Å². The smallest absolute Gasteiger partial charge is 0.354 e. The third kappa shape index (κ3) is 3.88. The molecule has 4 nitrogen and oxygen atoms in total. The number of carbonyl (C=O) groups is 1. The highest BCUT2D eigenvalue weighted by Crippen LogP contribution is 2.10. The van der Waals surface area contributed by atoms with E-state index in [-0.39, 0.29) is 5.69 Å². The lowest BCUT2D eigenvalue weighted by atomic mass is 10.1. The van der Waals surface area contributed by atoms with Crippen LogP contribution in [0.25, 0.3) is 0 Å². The molecule has 0 aliphatic heterocycles. The van der Waals surface area contributed by atoms with Gasteiger partial charge < -0.3 is 10.4 Å². The first-order valence-electron chi connectivity index (χ1n) is 5.59. The molecular formula is C12H18N2O2. The third-order valence-corrected chi connectivity index (χ3v) is 2.39. The van der Waals surface area contributed by atoms with Crippen LogP contribution in [-0.4, -0.2) is 22.1 Å². The maximum absolute atomic E-state index is 10.6. The van der Waals surface area contributed by atoms with Crippen molar-refractivity contribution in [1.29, 1.82) is 0 Å². The average molecular weight is 222 g/mol. The van der Waals surface area contributed by atoms with Crippen LogP contribution >= 0.6 is 0 Å². The molecule has 0 saturated carbocycles. The Kier molecular flexibility index (Phi) is 4.76. The summed E-state index contributed by atoms with van der Waals surface area (Å²) in [5, 5.41) is 12.0. The van der Waals surface area contributed by atoms with Crippen LogP contribution in [0.5, 0.6) is 0 Å². The van der Waals surface area contributed by atoms with Gasteiger partial charge in [-0.2, -0.15) is 0 Å². The molecule has 0 bridgehead atoms. The Morgan fingerprint density at radius 1 is 1.56 bits per heavy atom. The van der Waals surface area contributed by atoms with Gasteiger partial charge in [0.05, 0.1) is 11.9 Å². The van der Waals surface area contributed by atoms with Gasteiger partial charge in [-0.25, -0.2) is 9.78 Å². The Morgan fingerprint density at radius 3 is 2.81 bits per heavy atom. The molecule has 1 rings (SSSR count). The van der Waals surface area contributed by atoms with E-state index >= 15 is 0 Å². The number of hydrogen-bond acceptors (Lipinski definition) is 3. The molecule has 1 unspecified atom stereocenters. The molecule has 0 saturated heterocycles. The molecule has 0 aliphatic rings. The van der Waals surface area contributed by atoms with E-state index in [0.717, 1.165) is 12.1 Å². The standard InChI is InChI=1S/C12H18N2O2/c1-3-4-5-9(2)14-10-6-7-11(12(15)16)13-8-10/h6-9,14H,3-5H2,1-2H3,(H,15,16). The Hall–Kier alpha value is -1.58. The van der Waals surface area contributed by atoms with Crippen LogP contribution in [0.1, 0.15) is 43.6 Å². The average Bonchev–Trinajstić information content (AvgIpc) is 2.27. The number of pyridine rings is 1. The van der Waals surface area contributed by atoms with Crippen LogP contribution < -0.4 is 5.32 Å². The number of nitrogens with zero attached hydrogens (tertiary/aromatic N) is 1. The summed E-state index contributed by atoms with van der Waals surface area (Å²) in [4.78, 5) is 14.4. The van der Waals surface area contributed by atoms with Crippen molar-refractivity contribution in [3.05, 3.63) is 24.0 Å². The predicted octanol–water partition coefficient (Wildman–Crippen LogP) is 2.77. The van der Waals surface area contributed by atoms with Gasteiger partial charge in [0.1, 0.15) is 5.69 Å². The summed E-state index contributed by atoms with van der Waals surface area (Å²) in [6, 6.07) is 3.65. The Labute approximate surface area is 95.7 Å². The summed E-state index contributed by atoms with van der Waals surface area (Å²) in [6.45, 7) is 4.27. The lowest BCUT2D eigenvalue weighted by molar-refractivity contribution is 0.0690. The summed E-state index contributed by atoms with van der Waals surface area (Å²) in [5.74, 6) is -0.995. The lowest BCUT2D eigenvalue weighted by Crippen LogP contribution is -2.15. The largest absolute Gasteiger partial charge is 0.477 e. The zero-order valence-electron chi connectivity index (χ0n) is 9.73. The van der Waals surface area contributed by atoms with Gasteiger partial charge in [0.15, 0.2) is 0 Å². The van der Waals surface area contributed by atoms with Gasteiger partial charge in [0.2, 0.25) is 0 Å². The van der Waals surface area contributed by atoms with E-state index in [1.807, 2.05) is 0 Å². The minimum absolute atomic E-state index is 0.0757. The molecular weight excluding hydrogens is 204 g/mol. The van der Waals surface area contributed by atoms with Crippen molar-refractivity contribution in [1.82, 2.24) is 4.98 Å². The van der Waals surface area contributed by atoms with E-state index in [1.54, 1.807) is 12.3 Å². The molecule has 1 aromatic heterocycles. The zero-order valence-corrected chi connectivity index (χ0v) is 9.73. The molecule has 0 aromatic carbocycles. The van der Waals surface area contributed by atoms with Gasteiger partial charge in [-0.1, -0.05) is 19.8 Å². The van der Waals surface area contributed by atoms with E-state index in [2.05, 4.69) is 24.1 Å². The molecule has 0 amide bonds. The molecule has 0 fully saturated rings. The molecule has 0 aliphatic carbocycles. The molecule has 4 heteroatoms. The van der Waals surface area contributed by atoms with Crippen molar-refractivity contribution in [2.75, 3.05) is 5.32 Å². The highest BCUT2D eigenvalue weighted by atomic mass is 16.4. The van der Waals surface area contributed by atoms with E-state index in [0.29, 0.717) is 6.04 Å². The van der Waals surface area contributed by atoms with E-state index < -0.39 is 5.97 Å². The summed E-state index contributed by atoms with van der Waals surface area (Å²) < 4.78 is 0. The molecule has 1 heterocycles. The molecule has 0 spiro atoms. The third-order valence-electron chi connectivity index (χ3n) is 2.39. The van der Waals surface area contributed by atoms with Gasteiger partial charge in [-0.15, -0.1) is 0 Å². The monoisotopic (exact) mass is 222 g/mol. The quantitative estimate of drug-likeness (QED) is 0.777. The number of nitrogens with one attached hydrogen (secondary N) is 1. The summed E-state index contributed by atoms with van der Waals surface area (Å²) >= 11 is 0. The second kappa shape index (κ2) is 6.10. The van der Waals surface area contributed by atoms with Gasteiger partial charge in [-0.3, -0.25) is 0 Å². The van der Waals surface area contributed by atoms with Crippen LogP contribution in [0, 0.1) is 0 Å². The van der Waals surface area contributed by atoms with Gasteiger partial charge in [-0.05, 0) is 25.5 Å². The highest BCUT2D eigenvalue weighted by molar-refractivity contribution is 5.85. The Morgan fingerprint density at radius 2 is 2.31 bits per heavy atom. The SMILES string of the molecule is CCCCC(C)Nc1ccc(C(=O)O)nc1. The number of carboxylic acids is 1. The number of hydrogen-bond donors (Lipinski definition) is 2. The fourth-order valence-corrected chi connectivity index (χ4v) is 1.47. The minimum Gasteiger partial charge on any atom is -0.477 e. The summed E-state index contributed by atoms with van der Waals surface area (Å²) in [7, 11) is 0. The van der Waals surface area contributed by atoms with Crippen LogP contribution in [0.3, 0.4) is 0 Å². The topological polar surface area (TPSA) is 62.2 Å². The van der Waals surface area contributed by atoms with Crippen molar-refractivity contribution in [2.24, 2.45) is 0 Å². The van der Waals surface area contributed by atoms with Crippen LogP contribution in [0.15, 0.2) is 18.3 Å². The zero-order chi connectivity index (χ0) is 12.0. The van der Waals surface area contributed by atoms with E-state index in [9.17, 15) is 4.79 Å². The van der Waals surface area contributed by atoms with Gasteiger partial charge >= 0.3 is 5.97 Å². The number of unbranched alkanes of at least 4 members (excludes halogenated alkanes) is 1. The first-order valence-corrected chi connectivity index (χ1v) is 5.59. The first-order chi connectivity index (χ1) is 7.63. The molecule has 1 atom stereocenters. The molecule has 0 radical (unpaired) electrons. The minimum atomic E-state index is -0.995. The molecule has 88 valence electrons. The maximum atomic E-state index is 10.6. The molecule has 16 heavy (non-hydrogen) atoms.